The van der Waals surface area contributed by atoms with Crippen molar-refractivity contribution < 1.29 is 9.53 Å². The lowest BCUT2D eigenvalue weighted by molar-refractivity contribution is -0.116. The number of nitrogens with zero attached hydrogens (tertiary/aromatic N) is 1. The minimum atomic E-state index is -0.0920. The minimum Gasteiger partial charge on any atom is -0.394 e. The van der Waals surface area contributed by atoms with Gasteiger partial charge in [0.05, 0.1) is 11.9 Å². The Morgan fingerprint density at radius 2 is 2.53 bits per heavy atom. The molecule has 1 amide bonds. The average Bonchev–Trinajstić information content (AvgIpc) is 2.59. The molecule has 0 bridgehead atoms. The number of rotatable bonds is 6. The third-order valence-corrected chi connectivity index (χ3v) is 1.83. The van der Waals surface area contributed by atoms with Crippen LogP contribution in [0.25, 0.3) is 0 Å². The van der Waals surface area contributed by atoms with Gasteiger partial charge in [0.1, 0.15) is 0 Å². The third kappa shape index (κ3) is 3.99. The topological polar surface area (TPSA) is 93.0 Å². The van der Waals surface area contributed by atoms with Crippen molar-refractivity contribution in [3.05, 3.63) is 6.20 Å². The van der Waals surface area contributed by atoms with Gasteiger partial charge < -0.3 is 15.8 Å². The molecule has 0 aliphatic rings. The van der Waals surface area contributed by atoms with E-state index in [1.54, 1.807) is 0 Å². The number of ether oxygens (including phenoxy) is 1. The first-order chi connectivity index (χ1) is 7.24. The smallest absolute Gasteiger partial charge is 0.225 e. The predicted molar refractivity (Wildman–Crippen MR) is 57.4 cm³/mol. The number of nitrogen functional groups attached to an aromatic ring is 1. The van der Waals surface area contributed by atoms with Crippen molar-refractivity contribution in [3.8, 4) is 0 Å². The number of carbonyl (C=O) groups excluding carboxylic acids is 1. The van der Waals surface area contributed by atoms with E-state index >= 15 is 0 Å². The molecule has 0 unspecified atom stereocenters. The number of hydrogen-bond acceptors (Lipinski definition) is 4. The molecule has 0 spiro atoms. The Bertz CT molecular complexity index is 311. The zero-order valence-corrected chi connectivity index (χ0v) is 8.75. The average molecular weight is 212 g/mol. The van der Waals surface area contributed by atoms with E-state index < -0.39 is 0 Å². The molecule has 0 aliphatic heterocycles. The van der Waals surface area contributed by atoms with Gasteiger partial charge in [-0.05, 0) is 13.3 Å². The first-order valence-electron chi connectivity index (χ1n) is 4.90. The molecule has 1 rings (SSSR count). The number of nitrogens with two attached hydrogens (primary N) is 1. The van der Waals surface area contributed by atoms with Gasteiger partial charge in [0.15, 0.2) is 5.82 Å². The van der Waals surface area contributed by atoms with E-state index in [1.165, 1.54) is 6.20 Å². The molecule has 0 aromatic carbocycles. The number of hydrogen-bond donors (Lipinski definition) is 3. The summed E-state index contributed by atoms with van der Waals surface area (Å²) in [7, 11) is 0. The van der Waals surface area contributed by atoms with Gasteiger partial charge >= 0.3 is 0 Å². The van der Waals surface area contributed by atoms with Crippen molar-refractivity contribution >= 4 is 17.4 Å². The minimum absolute atomic E-state index is 0.0920. The number of H-pyrrole nitrogens is 1. The van der Waals surface area contributed by atoms with Crippen LogP contribution in [0.1, 0.15) is 19.8 Å². The van der Waals surface area contributed by atoms with Gasteiger partial charge in [0, 0.05) is 19.6 Å². The Labute approximate surface area is 88.2 Å². The summed E-state index contributed by atoms with van der Waals surface area (Å²) < 4.78 is 5.12. The van der Waals surface area contributed by atoms with E-state index in [1.807, 2.05) is 6.92 Å². The molecule has 0 saturated heterocycles. The summed E-state index contributed by atoms with van der Waals surface area (Å²) in [5, 5.41) is 8.92. The second kappa shape index (κ2) is 6.02. The Balaban J connectivity index is 2.22. The summed E-state index contributed by atoms with van der Waals surface area (Å²) >= 11 is 0. The maximum absolute atomic E-state index is 11.4. The Hall–Kier alpha value is -1.56. The molecule has 0 radical (unpaired) electrons. The Morgan fingerprint density at radius 1 is 1.73 bits per heavy atom. The number of anilines is 2. The standard InChI is InChI=1S/C9H16N4O2/c1-2-15-5-3-4-8(14)12-9-7(10)6-11-13-9/h6H,2-5,10H2,1H3,(H2,11,12,13,14). The normalized spacial score (nSPS) is 10.2. The first-order valence-corrected chi connectivity index (χ1v) is 4.90. The van der Waals surface area contributed by atoms with Gasteiger partial charge in [-0.1, -0.05) is 0 Å². The van der Waals surface area contributed by atoms with Crippen LogP contribution in [0.5, 0.6) is 0 Å². The summed E-state index contributed by atoms with van der Waals surface area (Å²) in [6.45, 7) is 3.20. The zero-order valence-electron chi connectivity index (χ0n) is 8.75. The Morgan fingerprint density at radius 3 is 3.13 bits per heavy atom. The highest BCUT2D eigenvalue weighted by Gasteiger charge is 2.05. The van der Waals surface area contributed by atoms with E-state index in [4.69, 9.17) is 10.5 Å². The van der Waals surface area contributed by atoms with Crippen LogP contribution < -0.4 is 11.1 Å². The predicted octanol–water partition coefficient (Wildman–Crippen LogP) is 0.747. The maximum Gasteiger partial charge on any atom is 0.225 e. The van der Waals surface area contributed by atoms with Crippen LogP contribution in [0.15, 0.2) is 6.20 Å². The molecule has 4 N–H and O–H groups in total. The second-order valence-corrected chi connectivity index (χ2v) is 3.05. The quantitative estimate of drug-likeness (QED) is 0.606. The molecule has 0 atom stereocenters. The van der Waals surface area contributed by atoms with Gasteiger partial charge in [-0.3, -0.25) is 9.89 Å². The Kier molecular flexibility index (Phi) is 4.62. The highest BCUT2D eigenvalue weighted by Crippen LogP contribution is 2.12. The van der Waals surface area contributed by atoms with Crippen LogP contribution in [0.3, 0.4) is 0 Å². The van der Waals surface area contributed by atoms with Crippen LogP contribution in [-0.2, 0) is 9.53 Å². The fourth-order valence-corrected chi connectivity index (χ4v) is 1.08. The fourth-order valence-electron chi connectivity index (χ4n) is 1.08. The van der Waals surface area contributed by atoms with E-state index in [9.17, 15) is 4.79 Å². The first kappa shape index (κ1) is 11.5. The number of aromatic amines is 1. The number of carbonyl (C=O) groups is 1. The number of amides is 1. The molecule has 1 heterocycles. The van der Waals surface area contributed by atoms with Crippen LogP contribution in [0, 0.1) is 0 Å². The largest absolute Gasteiger partial charge is 0.394 e. The van der Waals surface area contributed by atoms with E-state index in [-0.39, 0.29) is 5.91 Å². The van der Waals surface area contributed by atoms with Crippen molar-refractivity contribution in [1.82, 2.24) is 10.2 Å². The van der Waals surface area contributed by atoms with E-state index in [0.29, 0.717) is 37.6 Å². The highest BCUT2D eigenvalue weighted by molar-refractivity contribution is 5.92. The van der Waals surface area contributed by atoms with Crippen molar-refractivity contribution in [2.24, 2.45) is 0 Å². The van der Waals surface area contributed by atoms with Crippen molar-refractivity contribution in [3.63, 3.8) is 0 Å². The number of nitrogens with one attached hydrogen (secondary N) is 2. The van der Waals surface area contributed by atoms with E-state index in [0.717, 1.165) is 0 Å². The van der Waals surface area contributed by atoms with Crippen LogP contribution >= 0.6 is 0 Å². The fraction of sp³-hybridized carbons (Fsp3) is 0.556. The SMILES string of the molecule is CCOCCCC(=O)Nc1[nH]ncc1N. The molecule has 0 saturated carbocycles. The number of aromatic nitrogens is 2. The highest BCUT2D eigenvalue weighted by atomic mass is 16.5. The lowest BCUT2D eigenvalue weighted by Crippen LogP contribution is -2.13. The second-order valence-electron chi connectivity index (χ2n) is 3.05. The summed E-state index contributed by atoms with van der Waals surface area (Å²) in [6, 6.07) is 0. The summed E-state index contributed by atoms with van der Waals surface area (Å²) in [5.74, 6) is 0.363. The zero-order chi connectivity index (χ0) is 11.1. The van der Waals surface area contributed by atoms with Crippen molar-refractivity contribution in [1.29, 1.82) is 0 Å². The summed E-state index contributed by atoms with van der Waals surface area (Å²) in [6.07, 6.45) is 2.57. The van der Waals surface area contributed by atoms with Gasteiger partial charge in [-0.2, -0.15) is 5.10 Å². The van der Waals surface area contributed by atoms with Gasteiger partial charge in [0.2, 0.25) is 5.91 Å². The molecule has 1 aromatic rings. The molecule has 6 nitrogen and oxygen atoms in total. The molecule has 0 aliphatic carbocycles. The van der Waals surface area contributed by atoms with Gasteiger partial charge in [-0.15, -0.1) is 0 Å². The van der Waals surface area contributed by atoms with Crippen LogP contribution in [-0.4, -0.2) is 29.3 Å². The molecule has 15 heavy (non-hydrogen) atoms. The third-order valence-electron chi connectivity index (χ3n) is 1.83. The monoisotopic (exact) mass is 212 g/mol. The van der Waals surface area contributed by atoms with Crippen molar-refractivity contribution in [2.45, 2.75) is 19.8 Å². The summed E-state index contributed by atoms with van der Waals surface area (Å²) in [5.41, 5.74) is 5.97. The van der Waals surface area contributed by atoms with E-state index in [2.05, 4.69) is 15.5 Å². The molecular weight excluding hydrogens is 196 g/mol. The van der Waals surface area contributed by atoms with Crippen LogP contribution in [0.4, 0.5) is 11.5 Å². The maximum atomic E-state index is 11.4. The lowest BCUT2D eigenvalue weighted by Gasteiger charge is -2.03. The van der Waals surface area contributed by atoms with Crippen LogP contribution in [0.2, 0.25) is 0 Å². The molecule has 1 aromatic heterocycles. The molecular formula is C9H16N4O2. The molecule has 84 valence electrons. The van der Waals surface area contributed by atoms with Crippen molar-refractivity contribution in [2.75, 3.05) is 24.3 Å². The molecule has 6 heteroatoms. The van der Waals surface area contributed by atoms with Gasteiger partial charge in [-0.25, -0.2) is 0 Å². The lowest BCUT2D eigenvalue weighted by atomic mass is 10.3. The van der Waals surface area contributed by atoms with Gasteiger partial charge in [0.25, 0.3) is 0 Å². The molecule has 0 fully saturated rings. The summed E-state index contributed by atoms with van der Waals surface area (Å²) in [4.78, 5) is 11.4.